The summed E-state index contributed by atoms with van der Waals surface area (Å²) in [6.07, 6.45) is 0.685. The monoisotopic (exact) mass is 371 g/mol. The molecule has 0 radical (unpaired) electrons. The van der Waals surface area contributed by atoms with Crippen molar-refractivity contribution in [3.05, 3.63) is 59.7 Å². The standard InChI is InChI=1S/C21H29N3O3/c1-3-22-21(24-13-14-27-16-17-7-5-4-6-8-17)23-12-11-18-9-10-19(26-2)15-20(18)25/h4-10,15,25H,3,11-14,16H2,1-2H3,(H2,22,23,24). The van der Waals surface area contributed by atoms with Crippen molar-refractivity contribution < 1.29 is 14.6 Å². The number of ether oxygens (including phenoxy) is 2. The van der Waals surface area contributed by atoms with Crippen molar-refractivity contribution in [2.75, 3.05) is 33.4 Å². The molecule has 0 amide bonds. The Hall–Kier alpha value is -2.73. The Balaban J connectivity index is 1.73. The number of phenolic OH excluding ortho intramolecular Hbond substituents is 1. The lowest BCUT2D eigenvalue weighted by atomic mass is 10.1. The van der Waals surface area contributed by atoms with Crippen LogP contribution in [0.4, 0.5) is 0 Å². The third-order valence-electron chi connectivity index (χ3n) is 3.94. The maximum Gasteiger partial charge on any atom is 0.191 e. The van der Waals surface area contributed by atoms with Gasteiger partial charge in [0.15, 0.2) is 5.96 Å². The molecule has 6 nitrogen and oxygen atoms in total. The van der Waals surface area contributed by atoms with Gasteiger partial charge in [0.2, 0.25) is 0 Å². The van der Waals surface area contributed by atoms with Gasteiger partial charge in [0.1, 0.15) is 11.5 Å². The third-order valence-corrected chi connectivity index (χ3v) is 3.94. The molecule has 0 aliphatic carbocycles. The lowest BCUT2D eigenvalue weighted by Gasteiger charge is -2.12. The topological polar surface area (TPSA) is 75.1 Å². The minimum absolute atomic E-state index is 0.243. The fraction of sp³-hybridized carbons (Fsp3) is 0.381. The van der Waals surface area contributed by atoms with Crippen molar-refractivity contribution in [1.29, 1.82) is 0 Å². The summed E-state index contributed by atoms with van der Waals surface area (Å²) in [6, 6.07) is 15.4. The van der Waals surface area contributed by atoms with Crippen LogP contribution in [0.2, 0.25) is 0 Å². The maximum absolute atomic E-state index is 10.0. The Morgan fingerprint density at radius 3 is 2.63 bits per heavy atom. The SMILES string of the molecule is CCNC(=NCCOCc1ccccc1)NCCc1ccc(OC)cc1O. The number of methoxy groups -OCH3 is 1. The summed E-state index contributed by atoms with van der Waals surface area (Å²) in [5.41, 5.74) is 2.02. The van der Waals surface area contributed by atoms with E-state index in [-0.39, 0.29) is 5.75 Å². The first-order valence-electron chi connectivity index (χ1n) is 9.22. The molecule has 0 aliphatic rings. The molecule has 2 rings (SSSR count). The van der Waals surface area contributed by atoms with Crippen LogP contribution in [0, 0.1) is 0 Å². The van der Waals surface area contributed by atoms with Gasteiger partial charge in [-0.05, 0) is 30.5 Å². The van der Waals surface area contributed by atoms with Crippen LogP contribution in [0.15, 0.2) is 53.5 Å². The maximum atomic E-state index is 10.0. The fourth-order valence-corrected chi connectivity index (χ4v) is 2.53. The Morgan fingerprint density at radius 2 is 1.93 bits per heavy atom. The average Bonchev–Trinajstić information content (AvgIpc) is 2.69. The molecule has 0 aromatic heterocycles. The summed E-state index contributed by atoms with van der Waals surface area (Å²) in [5, 5.41) is 16.5. The summed E-state index contributed by atoms with van der Waals surface area (Å²) in [7, 11) is 1.58. The number of phenols is 1. The van der Waals surface area contributed by atoms with Crippen LogP contribution in [0.1, 0.15) is 18.1 Å². The van der Waals surface area contributed by atoms with Gasteiger partial charge in [-0.3, -0.25) is 4.99 Å². The highest BCUT2D eigenvalue weighted by Crippen LogP contribution is 2.23. The van der Waals surface area contributed by atoms with Crippen LogP contribution in [0.3, 0.4) is 0 Å². The normalized spacial score (nSPS) is 11.3. The summed E-state index contributed by atoms with van der Waals surface area (Å²) in [5.74, 6) is 1.64. The van der Waals surface area contributed by atoms with E-state index < -0.39 is 0 Å². The van der Waals surface area contributed by atoms with Crippen molar-refractivity contribution in [3.8, 4) is 11.5 Å². The number of hydrogen-bond donors (Lipinski definition) is 3. The minimum Gasteiger partial charge on any atom is -0.508 e. The zero-order chi connectivity index (χ0) is 19.3. The minimum atomic E-state index is 0.243. The van der Waals surface area contributed by atoms with E-state index >= 15 is 0 Å². The first-order valence-corrected chi connectivity index (χ1v) is 9.22. The molecule has 0 unspecified atom stereocenters. The number of guanidine groups is 1. The van der Waals surface area contributed by atoms with E-state index in [0.717, 1.165) is 23.6 Å². The number of nitrogens with zero attached hydrogens (tertiary/aromatic N) is 1. The first kappa shape index (κ1) is 20.6. The molecule has 0 saturated heterocycles. The zero-order valence-electron chi connectivity index (χ0n) is 16.1. The highest BCUT2D eigenvalue weighted by atomic mass is 16.5. The number of rotatable bonds is 10. The molecule has 2 aromatic rings. The van der Waals surface area contributed by atoms with Crippen molar-refractivity contribution >= 4 is 5.96 Å². The van der Waals surface area contributed by atoms with Crippen molar-refractivity contribution in [1.82, 2.24) is 10.6 Å². The Labute approximate surface area is 161 Å². The van der Waals surface area contributed by atoms with Crippen molar-refractivity contribution in [2.45, 2.75) is 20.0 Å². The zero-order valence-corrected chi connectivity index (χ0v) is 16.1. The molecule has 0 bridgehead atoms. The molecule has 0 saturated carbocycles. The van der Waals surface area contributed by atoms with Gasteiger partial charge in [-0.15, -0.1) is 0 Å². The van der Waals surface area contributed by atoms with E-state index in [0.29, 0.717) is 38.5 Å². The molecular formula is C21H29N3O3. The van der Waals surface area contributed by atoms with E-state index in [2.05, 4.69) is 15.6 Å². The number of aromatic hydroxyl groups is 1. The molecule has 6 heteroatoms. The van der Waals surface area contributed by atoms with Gasteiger partial charge in [0, 0.05) is 19.2 Å². The van der Waals surface area contributed by atoms with Gasteiger partial charge in [-0.1, -0.05) is 36.4 Å². The molecule has 0 fully saturated rings. The molecule has 0 heterocycles. The number of hydrogen-bond acceptors (Lipinski definition) is 4. The molecule has 3 N–H and O–H groups in total. The second-order valence-electron chi connectivity index (χ2n) is 5.97. The fourth-order valence-electron chi connectivity index (χ4n) is 2.53. The van der Waals surface area contributed by atoms with Gasteiger partial charge < -0.3 is 25.2 Å². The van der Waals surface area contributed by atoms with Crippen LogP contribution in [-0.2, 0) is 17.8 Å². The molecular weight excluding hydrogens is 342 g/mol. The van der Waals surface area contributed by atoms with E-state index in [1.807, 2.05) is 49.4 Å². The molecule has 0 aliphatic heterocycles. The van der Waals surface area contributed by atoms with Gasteiger partial charge >= 0.3 is 0 Å². The largest absolute Gasteiger partial charge is 0.508 e. The summed E-state index contributed by atoms with van der Waals surface area (Å²) in [6.45, 7) is 5.21. The number of nitrogens with one attached hydrogen (secondary N) is 2. The van der Waals surface area contributed by atoms with Crippen LogP contribution in [0.25, 0.3) is 0 Å². The van der Waals surface area contributed by atoms with Gasteiger partial charge in [-0.2, -0.15) is 0 Å². The van der Waals surface area contributed by atoms with Gasteiger partial charge in [-0.25, -0.2) is 0 Å². The second kappa shape index (κ2) is 11.8. The number of aliphatic imine (C=N–C) groups is 1. The quantitative estimate of drug-likeness (QED) is 0.340. The lowest BCUT2D eigenvalue weighted by Crippen LogP contribution is -2.38. The highest BCUT2D eigenvalue weighted by Gasteiger charge is 2.04. The summed E-state index contributed by atoms with van der Waals surface area (Å²) < 4.78 is 10.8. The summed E-state index contributed by atoms with van der Waals surface area (Å²) >= 11 is 0. The van der Waals surface area contributed by atoms with Crippen LogP contribution >= 0.6 is 0 Å². The van der Waals surface area contributed by atoms with E-state index in [1.54, 1.807) is 13.2 Å². The molecule has 0 spiro atoms. The number of benzene rings is 2. The lowest BCUT2D eigenvalue weighted by molar-refractivity contribution is 0.128. The second-order valence-corrected chi connectivity index (χ2v) is 5.97. The van der Waals surface area contributed by atoms with Crippen molar-refractivity contribution in [2.24, 2.45) is 4.99 Å². The van der Waals surface area contributed by atoms with E-state index in [9.17, 15) is 5.11 Å². The molecule has 0 atom stereocenters. The van der Waals surface area contributed by atoms with Gasteiger partial charge in [0.05, 0.1) is 26.9 Å². The molecule has 27 heavy (non-hydrogen) atoms. The highest BCUT2D eigenvalue weighted by molar-refractivity contribution is 5.79. The van der Waals surface area contributed by atoms with E-state index in [4.69, 9.17) is 9.47 Å². The molecule has 2 aromatic carbocycles. The van der Waals surface area contributed by atoms with Gasteiger partial charge in [0.25, 0.3) is 0 Å². The smallest absolute Gasteiger partial charge is 0.191 e. The van der Waals surface area contributed by atoms with E-state index in [1.165, 1.54) is 0 Å². The van der Waals surface area contributed by atoms with Crippen LogP contribution < -0.4 is 15.4 Å². The Morgan fingerprint density at radius 1 is 1.11 bits per heavy atom. The first-order chi connectivity index (χ1) is 13.2. The molecule has 146 valence electrons. The third kappa shape index (κ3) is 7.58. The Bertz CT molecular complexity index is 705. The summed E-state index contributed by atoms with van der Waals surface area (Å²) in [4.78, 5) is 4.51. The predicted molar refractivity (Wildman–Crippen MR) is 108 cm³/mol. The average molecular weight is 371 g/mol. The van der Waals surface area contributed by atoms with Crippen LogP contribution in [0.5, 0.6) is 11.5 Å². The van der Waals surface area contributed by atoms with Crippen LogP contribution in [-0.4, -0.2) is 44.4 Å². The predicted octanol–water partition coefficient (Wildman–Crippen LogP) is 2.72. The van der Waals surface area contributed by atoms with Crippen molar-refractivity contribution in [3.63, 3.8) is 0 Å². The Kier molecular flexibility index (Phi) is 9.00.